The number of methoxy groups -OCH3 is 1. The molecule has 0 fully saturated rings. The van der Waals surface area contributed by atoms with Gasteiger partial charge in [0.05, 0.1) is 12.7 Å². The molecule has 2 heteroatoms. The molecule has 2 nitrogen and oxygen atoms in total. The Morgan fingerprint density at radius 3 is 1.51 bits per heavy atom. The third-order valence-corrected chi connectivity index (χ3v) is 7.40. The molecule has 0 heterocycles. The summed E-state index contributed by atoms with van der Waals surface area (Å²) in [5, 5.41) is 0. The molecule has 200 valence electrons. The normalized spacial score (nSPS) is 12.0. The van der Waals surface area contributed by atoms with Gasteiger partial charge in [-0.05, 0) is 53.3 Å². The van der Waals surface area contributed by atoms with Crippen molar-refractivity contribution in [2.75, 3.05) is 13.7 Å². The average molecular weight is 501 g/mol. The van der Waals surface area contributed by atoms with E-state index in [1.807, 2.05) is 0 Å². The fourth-order valence-corrected chi connectivity index (χ4v) is 4.92. The van der Waals surface area contributed by atoms with Gasteiger partial charge in [0.1, 0.15) is 5.75 Å². The fraction of sp³-hybridized carbons (Fsp3) is 0.486. The second-order valence-corrected chi connectivity index (χ2v) is 10.3. The van der Waals surface area contributed by atoms with E-state index in [-0.39, 0.29) is 6.10 Å². The van der Waals surface area contributed by atoms with Crippen LogP contribution in [0.2, 0.25) is 0 Å². The minimum absolute atomic E-state index is 0.103. The number of benzene rings is 3. The van der Waals surface area contributed by atoms with Gasteiger partial charge in [-0.3, -0.25) is 0 Å². The zero-order valence-corrected chi connectivity index (χ0v) is 23.5. The summed E-state index contributed by atoms with van der Waals surface area (Å²) < 4.78 is 11.5. The van der Waals surface area contributed by atoms with Crippen molar-refractivity contribution in [2.45, 2.75) is 97.0 Å². The minimum Gasteiger partial charge on any atom is -0.494 e. The smallest absolute Gasteiger partial charge is 0.119 e. The lowest BCUT2D eigenvalue weighted by molar-refractivity contribution is 0.119. The molecule has 0 saturated carbocycles. The Morgan fingerprint density at radius 2 is 1.03 bits per heavy atom. The summed E-state index contributed by atoms with van der Waals surface area (Å²) in [6.45, 7) is 5.16. The highest BCUT2D eigenvalue weighted by atomic mass is 16.5. The van der Waals surface area contributed by atoms with Gasteiger partial charge < -0.3 is 9.47 Å². The van der Waals surface area contributed by atoms with Crippen LogP contribution in [0.25, 0.3) is 22.3 Å². The summed E-state index contributed by atoms with van der Waals surface area (Å²) in [5.41, 5.74) is 6.10. The van der Waals surface area contributed by atoms with Crippen molar-refractivity contribution in [3.63, 3.8) is 0 Å². The average Bonchev–Trinajstić information content (AvgIpc) is 2.95. The Balaban J connectivity index is 1.39. The third-order valence-electron chi connectivity index (χ3n) is 7.40. The molecule has 0 aliphatic heterocycles. The lowest BCUT2D eigenvalue weighted by Crippen LogP contribution is -1.97. The van der Waals surface area contributed by atoms with Gasteiger partial charge >= 0.3 is 0 Å². The van der Waals surface area contributed by atoms with Crippen LogP contribution in [0.5, 0.6) is 5.75 Å². The van der Waals surface area contributed by atoms with Crippen LogP contribution in [0.1, 0.15) is 103 Å². The fourth-order valence-electron chi connectivity index (χ4n) is 4.92. The summed E-state index contributed by atoms with van der Waals surface area (Å²) >= 11 is 0. The Labute approximate surface area is 226 Å². The lowest BCUT2D eigenvalue weighted by Gasteiger charge is -2.13. The first-order chi connectivity index (χ1) is 18.2. The highest BCUT2D eigenvalue weighted by Gasteiger charge is 2.09. The van der Waals surface area contributed by atoms with Gasteiger partial charge in [-0.25, -0.2) is 0 Å². The molecule has 0 N–H and O–H groups in total. The number of hydrogen-bond acceptors (Lipinski definition) is 2. The molecule has 0 amide bonds. The highest BCUT2D eigenvalue weighted by molar-refractivity contribution is 5.83. The zero-order valence-electron chi connectivity index (χ0n) is 23.5. The van der Waals surface area contributed by atoms with Gasteiger partial charge in [0.2, 0.25) is 0 Å². The molecule has 3 aromatic carbocycles. The Kier molecular flexibility index (Phi) is 13.3. The Bertz CT molecular complexity index is 991. The quantitative estimate of drug-likeness (QED) is 0.162. The maximum atomic E-state index is 6.04. The van der Waals surface area contributed by atoms with Crippen LogP contribution in [0.15, 0.2) is 72.8 Å². The van der Waals surface area contributed by atoms with Crippen molar-refractivity contribution < 1.29 is 9.47 Å². The standard InChI is InChI=1S/C35H48O2/c1-4-5-6-7-8-9-10-11-12-13-14-17-28-37-33-26-24-32(25-27-33)35-19-16-15-18-34(35)31-22-20-30(21-23-31)29(2)36-3/h15-16,18-27,29H,4-14,17,28H2,1-3H3. The van der Waals surface area contributed by atoms with Gasteiger partial charge in [-0.2, -0.15) is 0 Å². The van der Waals surface area contributed by atoms with E-state index in [0.29, 0.717) is 0 Å². The van der Waals surface area contributed by atoms with E-state index in [9.17, 15) is 0 Å². The van der Waals surface area contributed by atoms with Crippen LogP contribution in [-0.4, -0.2) is 13.7 Å². The van der Waals surface area contributed by atoms with E-state index in [0.717, 1.165) is 18.8 Å². The molecule has 3 aromatic rings. The molecule has 37 heavy (non-hydrogen) atoms. The topological polar surface area (TPSA) is 18.5 Å². The third kappa shape index (κ3) is 10.0. The van der Waals surface area contributed by atoms with E-state index < -0.39 is 0 Å². The minimum atomic E-state index is 0.103. The van der Waals surface area contributed by atoms with Crippen molar-refractivity contribution in [3.8, 4) is 28.0 Å². The first kappa shape index (κ1) is 29.0. The molecule has 0 spiro atoms. The molecule has 1 unspecified atom stereocenters. The van der Waals surface area contributed by atoms with E-state index in [2.05, 4.69) is 86.6 Å². The monoisotopic (exact) mass is 500 g/mol. The summed E-state index contributed by atoms with van der Waals surface area (Å²) in [6, 6.07) is 25.9. The SMILES string of the molecule is CCCCCCCCCCCCCCOc1ccc(-c2ccccc2-c2ccc(C(C)OC)cc2)cc1. The van der Waals surface area contributed by atoms with Crippen LogP contribution in [-0.2, 0) is 4.74 Å². The van der Waals surface area contributed by atoms with Crippen molar-refractivity contribution in [1.29, 1.82) is 0 Å². The van der Waals surface area contributed by atoms with Crippen LogP contribution < -0.4 is 4.74 Å². The Morgan fingerprint density at radius 1 is 0.568 bits per heavy atom. The first-order valence-electron chi connectivity index (χ1n) is 14.7. The highest BCUT2D eigenvalue weighted by Crippen LogP contribution is 2.33. The maximum absolute atomic E-state index is 6.04. The second kappa shape index (κ2) is 17.0. The maximum Gasteiger partial charge on any atom is 0.119 e. The van der Waals surface area contributed by atoms with Gasteiger partial charge in [0.15, 0.2) is 0 Å². The summed E-state index contributed by atoms with van der Waals surface area (Å²) in [4.78, 5) is 0. The van der Waals surface area contributed by atoms with Crippen LogP contribution in [0.3, 0.4) is 0 Å². The largest absolute Gasteiger partial charge is 0.494 e. The molecule has 3 rings (SSSR count). The van der Waals surface area contributed by atoms with E-state index in [4.69, 9.17) is 9.47 Å². The molecular formula is C35H48O2. The predicted molar refractivity (Wildman–Crippen MR) is 159 cm³/mol. The van der Waals surface area contributed by atoms with Crippen LogP contribution in [0, 0.1) is 0 Å². The lowest BCUT2D eigenvalue weighted by atomic mass is 9.94. The predicted octanol–water partition coefficient (Wildman–Crippen LogP) is 10.8. The number of hydrogen-bond donors (Lipinski definition) is 0. The first-order valence-corrected chi connectivity index (χ1v) is 14.7. The van der Waals surface area contributed by atoms with Crippen LogP contribution >= 0.6 is 0 Å². The molecule has 1 atom stereocenters. The van der Waals surface area contributed by atoms with E-state index in [1.165, 1.54) is 98.4 Å². The van der Waals surface area contributed by atoms with Crippen molar-refractivity contribution in [3.05, 3.63) is 78.4 Å². The van der Waals surface area contributed by atoms with Crippen molar-refractivity contribution >= 4 is 0 Å². The molecule has 0 aliphatic carbocycles. The molecule has 0 aliphatic rings. The van der Waals surface area contributed by atoms with Gasteiger partial charge in [0.25, 0.3) is 0 Å². The molecular weight excluding hydrogens is 452 g/mol. The number of rotatable bonds is 18. The Hall–Kier alpha value is -2.58. The number of unbranched alkanes of at least 4 members (excludes halogenated alkanes) is 11. The van der Waals surface area contributed by atoms with Crippen molar-refractivity contribution in [2.24, 2.45) is 0 Å². The van der Waals surface area contributed by atoms with E-state index >= 15 is 0 Å². The molecule has 0 aromatic heterocycles. The number of ether oxygens (including phenoxy) is 2. The molecule has 0 saturated heterocycles. The summed E-state index contributed by atoms with van der Waals surface area (Å²) in [6.07, 6.45) is 16.5. The van der Waals surface area contributed by atoms with E-state index in [1.54, 1.807) is 7.11 Å². The molecule has 0 radical (unpaired) electrons. The van der Waals surface area contributed by atoms with Gasteiger partial charge in [-0.15, -0.1) is 0 Å². The van der Waals surface area contributed by atoms with Crippen molar-refractivity contribution in [1.82, 2.24) is 0 Å². The summed E-state index contributed by atoms with van der Waals surface area (Å²) in [5.74, 6) is 0.960. The van der Waals surface area contributed by atoms with Gasteiger partial charge in [-0.1, -0.05) is 138 Å². The molecule has 0 bridgehead atoms. The van der Waals surface area contributed by atoms with Gasteiger partial charge in [0, 0.05) is 7.11 Å². The zero-order chi connectivity index (χ0) is 26.1. The second-order valence-electron chi connectivity index (χ2n) is 10.3. The van der Waals surface area contributed by atoms with Crippen LogP contribution in [0.4, 0.5) is 0 Å². The summed E-state index contributed by atoms with van der Waals surface area (Å²) in [7, 11) is 1.75.